The van der Waals surface area contributed by atoms with Gasteiger partial charge < -0.3 is 10.0 Å². The molecule has 0 heterocycles. The minimum absolute atomic E-state index is 0.0805. The number of nitrogens with zero attached hydrogens (tertiary/aromatic N) is 1. The van der Waals surface area contributed by atoms with Crippen LogP contribution in [0.2, 0.25) is 10.0 Å². The van der Waals surface area contributed by atoms with Crippen molar-refractivity contribution in [2.45, 2.75) is 4.90 Å². The van der Waals surface area contributed by atoms with Gasteiger partial charge in [-0.2, -0.15) is 0 Å². The highest BCUT2D eigenvalue weighted by Gasteiger charge is 2.17. The summed E-state index contributed by atoms with van der Waals surface area (Å²) >= 11 is 13.4. The lowest BCUT2D eigenvalue weighted by Crippen LogP contribution is -2.29. The van der Waals surface area contributed by atoms with Crippen molar-refractivity contribution >= 4 is 40.9 Å². The Hall–Kier alpha value is -0.420. The van der Waals surface area contributed by atoms with Crippen molar-refractivity contribution in [3.63, 3.8) is 0 Å². The van der Waals surface area contributed by atoms with Gasteiger partial charge >= 0.3 is 0 Å². The summed E-state index contributed by atoms with van der Waals surface area (Å²) in [4.78, 5) is 14.2. The first-order valence-electron chi connectivity index (χ1n) is 4.90. The van der Waals surface area contributed by atoms with E-state index in [1.165, 1.54) is 16.7 Å². The molecule has 0 aliphatic rings. The van der Waals surface area contributed by atoms with Crippen LogP contribution in [-0.2, 0) is 0 Å². The number of amides is 1. The van der Waals surface area contributed by atoms with Crippen molar-refractivity contribution < 1.29 is 9.90 Å². The highest BCUT2D eigenvalue weighted by Crippen LogP contribution is 2.31. The Morgan fingerprint density at radius 3 is 2.59 bits per heavy atom. The third-order valence-electron chi connectivity index (χ3n) is 2.25. The average molecular weight is 294 g/mol. The second-order valence-corrected chi connectivity index (χ2v) is 5.08. The second-order valence-electron chi connectivity index (χ2n) is 3.42. The number of benzene rings is 1. The van der Waals surface area contributed by atoms with E-state index in [1.807, 2.05) is 6.26 Å². The zero-order chi connectivity index (χ0) is 13.0. The molecule has 0 saturated carbocycles. The van der Waals surface area contributed by atoms with Crippen LogP contribution in [0.5, 0.6) is 0 Å². The fourth-order valence-corrected chi connectivity index (χ4v) is 2.49. The lowest BCUT2D eigenvalue weighted by Gasteiger charge is -2.17. The molecule has 0 aliphatic carbocycles. The van der Waals surface area contributed by atoms with Crippen LogP contribution in [0.4, 0.5) is 0 Å². The van der Waals surface area contributed by atoms with Crippen molar-refractivity contribution in [3.8, 4) is 0 Å². The summed E-state index contributed by atoms with van der Waals surface area (Å²) in [6.45, 7) is 0.190. The average Bonchev–Trinajstić information content (AvgIpc) is 2.29. The molecule has 0 aromatic heterocycles. The monoisotopic (exact) mass is 293 g/mol. The summed E-state index contributed by atoms with van der Waals surface area (Å²) in [5.41, 5.74) is 0.399. The first-order chi connectivity index (χ1) is 8.01. The number of aliphatic hydroxyl groups excluding tert-OH is 1. The number of carbonyl (C=O) groups is 1. The van der Waals surface area contributed by atoms with Gasteiger partial charge in [0.1, 0.15) is 0 Å². The zero-order valence-corrected chi connectivity index (χ0v) is 11.9. The first-order valence-corrected chi connectivity index (χ1v) is 6.88. The molecule has 0 atom stereocenters. The van der Waals surface area contributed by atoms with Crippen LogP contribution in [0.25, 0.3) is 0 Å². The van der Waals surface area contributed by atoms with Crippen molar-refractivity contribution in [1.29, 1.82) is 0 Å². The number of halogens is 2. The molecule has 0 saturated heterocycles. The molecule has 0 radical (unpaired) electrons. The number of hydrogen-bond donors (Lipinski definition) is 1. The van der Waals surface area contributed by atoms with Gasteiger partial charge in [-0.25, -0.2) is 0 Å². The summed E-state index contributed by atoms with van der Waals surface area (Å²) in [5.74, 6) is -0.226. The lowest BCUT2D eigenvalue weighted by atomic mass is 10.2. The van der Waals surface area contributed by atoms with E-state index in [0.717, 1.165) is 4.90 Å². The fraction of sp³-hybridized carbons (Fsp3) is 0.364. The largest absolute Gasteiger partial charge is 0.395 e. The molecule has 1 amide bonds. The van der Waals surface area contributed by atoms with Gasteiger partial charge in [0.15, 0.2) is 0 Å². The second kappa shape index (κ2) is 6.50. The van der Waals surface area contributed by atoms with Crippen molar-refractivity contribution in [2.24, 2.45) is 0 Å². The van der Waals surface area contributed by atoms with E-state index in [-0.39, 0.29) is 19.1 Å². The van der Waals surface area contributed by atoms with E-state index in [2.05, 4.69) is 0 Å². The van der Waals surface area contributed by atoms with E-state index in [4.69, 9.17) is 28.3 Å². The predicted octanol–water partition coefficient (Wildman–Crippen LogP) is 2.78. The molecule has 94 valence electrons. The van der Waals surface area contributed by atoms with Crippen LogP contribution >= 0.6 is 35.0 Å². The minimum atomic E-state index is -0.226. The number of thioether (sulfide) groups is 1. The third kappa shape index (κ3) is 3.52. The van der Waals surface area contributed by atoms with Crippen LogP contribution in [0.3, 0.4) is 0 Å². The van der Waals surface area contributed by atoms with Gasteiger partial charge in [0.25, 0.3) is 5.91 Å². The standard InChI is InChI=1S/C11H13Cl2NO2S/c1-14(3-4-15)11(16)7-5-10(17-2)9(13)6-8(7)12/h5-6,15H,3-4H2,1-2H3. The predicted molar refractivity (Wildman–Crippen MR) is 72.3 cm³/mol. The normalized spacial score (nSPS) is 10.4. The van der Waals surface area contributed by atoms with E-state index < -0.39 is 0 Å². The van der Waals surface area contributed by atoms with E-state index in [1.54, 1.807) is 19.2 Å². The Morgan fingerprint density at radius 2 is 2.06 bits per heavy atom. The molecule has 3 nitrogen and oxygen atoms in total. The number of rotatable bonds is 4. The fourth-order valence-electron chi connectivity index (χ4n) is 1.31. The van der Waals surface area contributed by atoms with Crippen molar-refractivity contribution in [2.75, 3.05) is 26.5 Å². The molecular formula is C11H13Cl2NO2S. The van der Waals surface area contributed by atoms with Gasteiger partial charge in [-0.1, -0.05) is 23.2 Å². The molecule has 6 heteroatoms. The molecule has 17 heavy (non-hydrogen) atoms. The third-order valence-corrected chi connectivity index (χ3v) is 3.77. The van der Waals surface area contributed by atoms with Crippen LogP contribution < -0.4 is 0 Å². The van der Waals surface area contributed by atoms with Gasteiger partial charge in [0, 0.05) is 18.5 Å². The maximum Gasteiger partial charge on any atom is 0.255 e. The molecule has 0 fully saturated rings. The SMILES string of the molecule is CSc1cc(C(=O)N(C)CCO)c(Cl)cc1Cl. The van der Waals surface area contributed by atoms with Crippen molar-refractivity contribution in [3.05, 3.63) is 27.7 Å². The highest BCUT2D eigenvalue weighted by molar-refractivity contribution is 7.98. The number of aliphatic hydroxyl groups is 1. The topological polar surface area (TPSA) is 40.5 Å². The van der Waals surface area contributed by atoms with Gasteiger partial charge in [-0.15, -0.1) is 11.8 Å². The summed E-state index contributed by atoms with van der Waals surface area (Å²) in [7, 11) is 1.61. The molecule has 1 rings (SSSR count). The van der Waals surface area contributed by atoms with E-state index in [0.29, 0.717) is 15.6 Å². The number of hydrogen-bond acceptors (Lipinski definition) is 3. The summed E-state index contributed by atoms with van der Waals surface area (Å²) in [6, 6.07) is 3.24. The molecule has 1 aromatic carbocycles. The van der Waals surface area contributed by atoms with Crippen molar-refractivity contribution in [1.82, 2.24) is 4.90 Å². The number of likely N-dealkylation sites (N-methyl/N-ethyl adjacent to an activating group) is 1. The Labute approximate surface area is 115 Å². The maximum absolute atomic E-state index is 12.0. The molecule has 0 spiro atoms. The Kier molecular flexibility index (Phi) is 5.59. The summed E-state index contributed by atoms with van der Waals surface area (Å²) in [6.07, 6.45) is 1.88. The molecular weight excluding hydrogens is 281 g/mol. The maximum atomic E-state index is 12.0. The van der Waals surface area contributed by atoms with Crippen LogP contribution in [-0.4, -0.2) is 42.4 Å². The lowest BCUT2D eigenvalue weighted by molar-refractivity contribution is 0.0767. The van der Waals surface area contributed by atoms with Crippen LogP contribution in [0.1, 0.15) is 10.4 Å². The molecule has 0 bridgehead atoms. The van der Waals surface area contributed by atoms with Crippen LogP contribution in [0.15, 0.2) is 17.0 Å². The zero-order valence-electron chi connectivity index (χ0n) is 9.54. The molecule has 1 aromatic rings. The van der Waals surface area contributed by atoms with Crippen LogP contribution in [0, 0.1) is 0 Å². The Morgan fingerprint density at radius 1 is 1.41 bits per heavy atom. The highest BCUT2D eigenvalue weighted by atomic mass is 35.5. The van der Waals surface area contributed by atoms with E-state index >= 15 is 0 Å². The smallest absolute Gasteiger partial charge is 0.255 e. The molecule has 0 aliphatic heterocycles. The number of carbonyl (C=O) groups excluding carboxylic acids is 1. The minimum Gasteiger partial charge on any atom is -0.395 e. The Bertz CT molecular complexity index is 426. The summed E-state index contributed by atoms with van der Waals surface area (Å²) < 4.78 is 0. The van der Waals surface area contributed by atoms with E-state index in [9.17, 15) is 4.79 Å². The van der Waals surface area contributed by atoms with Gasteiger partial charge in [-0.05, 0) is 18.4 Å². The Balaban J connectivity index is 3.09. The van der Waals surface area contributed by atoms with Gasteiger partial charge in [0.2, 0.25) is 0 Å². The van der Waals surface area contributed by atoms with Gasteiger partial charge in [0.05, 0.1) is 22.2 Å². The quantitative estimate of drug-likeness (QED) is 0.868. The summed E-state index contributed by atoms with van der Waals surface area (Å²) in [5, 5.41) is 9.65. The van der Waals surface area contributed by atoms with Gasteiger partial charge in [-0.3, -0.25) is 4.79 Å². The first kappa shape index (κ1) is 14.6. The molecule has 0 unspecified atom stereocenters. The molecule has 1 N–H and O–H groups in total.